The highest BCUT2D eigenvalue weighted by Crippen LogP contribution is 2.40. The summed E-state index contributed by atoms with van der Waals surface area (Å²) in [6.07, 6.45) is 4.75. The van der Waals surface area contributed by atoms with E-state index in [2.05, 4.69) is 4.90 Å². The number of piperidine rings is 2. The number of aryl methyl sites for hydroxylation is 1. The van der Waals surface area contributed by atoms with Gasteiger partial charge in [-0.1, -0.05) is 17.7 Å². The summed E-state index contributed by atoms with van der Waals surface area (Å²) in [5.74, 6) is 0.180. The lowest BCUT2D eigenvalue weighted by Crippen LogP contribution is -2.51. The predicted octanol–water partition coefficient (Wildman–Crippen LogP) is 3.38. The Morgan fingerprint density at radius 3 is 2.73 bits per heavy atom. The van der Waals surface area contributed by atoms with Gasteiger partial charge in [0.05, 0.1) is 0 Å². The molecular weight excluding hydrogens is 331 g/mol. The lowest BCUT2D eigenvalue weighted by molar-refractivity contribution is -0.139. The minimum atomic E-state index is -0.108. The summed E-state index contributed by atoms with van der Waals surface area (Å²) in [6, 6.07) is 5.35. The van der Waals surface area contributed by atoms with Crippen LogP contribution in [0.1, 0.15) is 43.2 Å². The third-order valence-corrected chi connectivity index (χ3v) is 6.04. The zero-order chi connectivity index (χ0) is 18.6. The largest absolute Gasteiger partial charge is 0.385 e. The Bertz CT molecular complexity index is 626. The van der Waals surface area contributed by atoms with E-state index in [9.17, 15) is 9.18 Å². The van der Waals surface area contributed by atoms with Gasteiger partial charge in [0.15, 0.2) is 0 Å². The van der Waals surface area contributed by atoms with Crippen LogP contribution in [0, 0.1) is 18.2 Å². The summed E-state index contributed by atoms with van der Waals surface area (Å²) < 4.78 is 19.2. The third kappa shape index (κ3) is 4.63. The smallest absolute Gasteiger partial charge is 0.222 e. The van der Waals surface area contributed by atoms with Crippen LogP contribution in [0.2, 0.25) is 0 Å². The van der Waals surface area contributed by atoms with Gasteiger partial charge >= 0.3 is 0 Å². The maximum atomic E-state index is 14.0. The molecule has 1 aromatic carbocycles. The summed E-state index contributed by atoms with van der Waals surface area (Å²) in [5, 5.41) is 0. The van der Waals surface area contributed by atoms with Crippen LogP contribution in [-0.4, -0.2) is 55.6 Å². The van der Waals surface area contributed by atoms with Gasteiger partial charge in [0.2, 0.25) is 5.91 Å². The van der Waals surface area contributed by atoms with Crippen LogP contribution < -0.4 is 0 Å². The Morgan fingerprint density at radius 2 is 2.00 bits per heavy atom. The highest BCUT2D eigenvalue weighted by Gasteiger charge is 2.40. The number of rotatable bonds is 6. The van der Waals surface area contributed by atoms with Crippen molar-refractivity contribution in [2.24, 2.45) is 5.41 Å². The highest BCUT2D eigenvalue weighted by molar-refractivity contribution is 5.77. The van der Waals surface area contributed by atoms with Gasteiger partial charge in [-0.25, -0.2) is 4.39 Å². The van der Waals surface area contributed by atoms with Crippen LogP contribution in [0.25, 0.3) is 0 Å². The van der Waals surface area contributed by atoms with Crippen LogP contribution >= 0.6 is 0 Å². The molecule has 2 heterocycles. The van der Waals surface area contributed by atoms with Gasteiger partial charge in [0.25, 0.3) is 0 Å². The quantitative estimate of drug-likeness (QED) is 0.728. The van der Waals surface area contributed by atoms with Gasteiger partial charge in [-0.2, -0.15) is 0 Å². The maximum Gasteiger partial charge on any atom is 0.222 e. The first-order valence-corrected chi connectivity index (χ1v) is 9.75. The number of ether oxygens (including phenoxy) is 1. The minimum absolute atomic E-state index is 0.108. The third-order valence-electron chi connectivity index (χ3n) is 6.04. The van der Waals surface area contributed by atoms with Crippen molar-refractivity contribution in [1.82, 2.24) is 9.80 Å². The SMILES string of the molecule is COCCCN1CC2(CCC1=O)CCN(Cc1cc(C)ccc1F)CC2. The predicted molar refractivity (Wildman–Crippen MR) is 100 cm³/mol. The first-order chi connectivity index (χ1) is 12.5. The van der Waals surface area contributed by atoms with E-state index in [4.69, 9.17) is 4.74 Å². The molecule has 0 atom stereocenters. The number of carbonyl (C=O) groups is 1. The van der Waals surface area contributed by atoms with Crippen LogP contribution in [-0.2, 0) is 16.1 Å². The fourth-order valence-corrected chi connectivity index (χ4v) is 4.37. The summed E-state index contributed by atoms with van der Waals surface area (Å²) >= 11 is 0. The maximum absolute atomic E-state index is 14.0. The van der Waals surface area contributed by atoms with Crippen molar-refractivity contribution < 1.29 is 13.9 Å². The molecule has 3 rings (SSSR count). The molecule has 144 valence electrons. The van der Waals surface area contributed by atoms with Crippen LogP contribution in [0.3, 0.4) is 0 Å². The van der Waals surface area contributed by atoms with Gasteiger partial charge in [-0.3, -0.25) is 9.69 Å². The van der Waals surface area contributed by atoms with E-state index in [1.165, 1.54) is 0 Å². The second-order valence-corrected chi connectivity index (χ2v) is 8.03. The van der Waals surface area contributed by atoms with E-state index in [-0.39, 0.29) is 17.1 Å². The fourth-order valence-electron chi connectivity index (χ4n) is 4.37. The fraction of sp³-hybridized carbons (Fsp3) is 0.667. The second-order valence-electron chi connectivity index (χ2n) is 8.03. The average molecular weight is 362 g/mol. The van der Waals surface area contributed by atoms with Crippen LogP contribution in [0.4, 0.5) is 4.39 Å². The molecule has 0 N–H and O–H groups in total. The van der Waals surface area contributed by atoms with E-state index in [1.54, 1.807) is 13.2 Å². The Kier molecular flexibility index (Phi) is 6.30. The first kappa shape index (κ1) is 19.3. The monoisotopic (exact) mass is 362 g/mol. The summed E-state index contributed by atoms with van der Waals surface area (Å²) in [6.45, 7) is 7.02. The number of benzene rings is 1. The first-order valence-electron chi connectivity index (χ1n) is 9.75. The van der Waals surface area contributed by atoms with Gasteiger partial charge < -0.3 is 9.64 Å². The molecule has 0 bridgehead atoms. The Labute approximate surface area is 156 Å². The molecule has 0 aromatic heterocycles. The standard InChI is InChI=1S/C21H31FN2O2/c1-17-4-5-19(22)18(14-17)15-23-11-8-21(9-12-23)7-6-20(25)24(16-21)10-3-13-26-2/h4-5,14H,3,6-13,15-16H2,1-2H3. The van der Waals surface area contributed by atoms with Crippen LogP contribution in [0.15, 0.2) is 18.2 Å². The zero-order valence-electron chi connectivity index (χ0n) is 16.1. The lowest BCUT2D eigenvalue weighted by Gasteiger charge is -2.47. The molecule has 0 unspecified atom stereocenters. The topological polar surface area (TPSA) is 32.8 Å². The molecule has 2 aliphatic heterocycles. The van der Waals surface area contributed by atoms with Crippen molar-refractivity contribution in [3.63, 3.8) is 0 Å². The highest BCUT2D eigenvalue weighted by atomic mass is 19.1. The molecule has 1 amide bonds. The number of amides is 1. The van der Waals surface area contributed by atoms with E-state index in [0.29, 0.717) is 19.6 Å². The normalized spacial score (nSPS) is 20.7. The molecule has 4 nitrogen and oxygen atoms in total. The molecule has 0 aliphatic carbocycles. The van der Waals surface area contributed by atoms with Crippen molar-refractivity contribution in [2.45, 2.75) is 45.6 Å². The van der Waals surface area contributed by atoms with Crippen LogP contribution in [0.5, 0.6) is 0 Å². The Balaban J connectivity index is 1.55. The van der Waals surface area contributed by atoms with Crippen molar-refractivity contribution in [1.29, 1.82) is 0 Å². The van der Waals surface area contributed by atoms with Gasteiger partial charge in [-0.15, -0.1) is 0 Å². The number of methoxy groups -OCH3 is 1. The number of hydrogen-bond acceptors (Lipinski definition) is 3. The van der Waals surface area contributed by atoms with Crippen molar-refractivity contribution in [2.75, 3.05) is 39.9 Å². The minimum Gasteiger partial charge on any atom is -0.385 e. The number of halogens is 1. The van der Waals surface area contributed by atoms with E-state index in [0.717, 1.165) is 63.0 Å². The molecular formula is C21H31FN2O2. The second kappa shape index (κ2) is 8.49. The molecule has 0 radical (unpaired) electrons. The number of likely N-dealkylation sites (tertiary alicyclic amines) is 2. The molecule has 1 aromatic rings. The number of nitrogens with zero attached hydrogens (tertiary/aromatic N) is 2. The molecule has 26 heavy (non-hydrogen) atoms. The zero-order valence-corrected chi connectivity index (χ0v) is 16.1. The van der Waals surface area contributed by atoms with Gasteiger partial charge in [0, 0.05) is 45.3 Å². The van der Waals surface area contributed by atoms with Crippen molar-refractivity contribution in [3.05, 3.63) is 35.1 Å². The number of carbonyl (C=O) groups excluding carboxylic acids is 1. The number of hydrogen-bond donors (Lipinski definition) is 0. The van der Waals surface area contributed by atoms with E-state index in [1.807, 2.05) is 24.0 Å². The summed E-state index contributed by atoms with van der Waals surface area (Å²) in [5.41, 5.74) is 2.15. The van der Waals surface area contributed by atoms with E-state index < -0.39 is 0 Å². The average Bonchev–Trinajstić information content (AvgIpc) is 2.63. The lowest BCUT2D eigenvalue weighted by atomic mass is 9.72. The Hall–Kier alpha value is -1.46. The van der Waals surface area contributed by atoms with Gasteiger partial charge in [0.1, 0.15) is 5.82 Å². The molecule has 0 saturated carbocycles. The van der Waals surface area contributed by atoms with Crippen molar-refractivity contribution in [3.8, 4) is 0 Å². The molecule has 1 spiro atoms. The van der Waals surface area contributed by atoms with E-state index >= 15 is 0 Å². The molecule has 2 fully saturated rings. The molecule has 5 heteroatoms. The summed E-state index contributed by atoms with van der Waals surface area (Å²) in [7, 11) is 1.70. The van der Waals surface area contributed by atoms with Gasteiger partial charge in [-0.05, 0) is 57.2 Å². The molecule has 2 saturated heterocycles. The molecule has 2 aliphatic rings. The Morgan fingerprint density at radius 1 is 1.23 bits per heavy atom. The summed E-state index contributed by atoms with van der Waals surface area (Å²) in [4.78, 5) is 16.6. The van der Waals surface area contributed by atoms with Crippen molar-refractivity contribution >= 4 is 5.91 Å².